The Morgan fingerprint density at radius 1 is 1.00 bits per heavy atom. The summed E-state index contributed by atoms with van der Waals surface area (Å²) in [6, 6.07) is 0. The Morgan fingerprint density at radius 2 is 1.55 bits per heavy atom. The summed E-state index contributed by atoms with van der Waals surface area (Å²) < 4.78 is 62.3. The number of hydrogen-bond acceptors (Lipinski definition) is 4. The van der Waals surface area contributed by atoms with E-state index in [1.807, 2.05) is 0 Å². The summed E-state index contributed by atoms with van der Waals surface area (Å²) >= 11 is 0. The molecule has 6 nitrogen and oxygen atoms in total. The van der Waals surface area contributed by atoms with E-state index in [9.17, 15) is 16.8 Å². The molecule has 0 atom stereocenters. The van der Waals surface area contributed by atoms with Crippen LogP contribution in [-0.2, 0) is 20.2 Å². The Labute approximate surface area is 119 Å². The Hall–Kier alpha value is -1.22. The largest absolute Gasteiger partial charge is 0.294 e. The maximum Gasteiger partial charge on any atom is 0.294 e. The average Bonchev–Trinajstić information content (AvgIpc) is 2.29. The van der Waals surface area contributed by atoms with Crippen molar-refractivity contribution in [2.45, 2.75) is 27.2 Å². The molecule has 114 valence electrons. The first-order valence-corrected chi connectivity index (χ1v) is 8.51. The summed E-state index contributed by atoms with van der Waals surface area (Å²) in [5.41, 5.74) is 0.876. The summed E-state index contributed by atoms with van der Waals surface area (Å²) in [7, 11) is -9.10. The third-order valence-electron chi connectivity index (χ3n) is 2.37. The van der Waals surface area contributed by atoms with Gasteiger partial charge in [-0.3, -0.25) is 9.11 Å². The van der Waals surface area contributed by atoms with Crippen molar-refractivity contribution < 1.29 is 25.9 Å². The van der Waals surface area contributed by atoms with E-state index in [1.54, 1.807) is 26.0 Å². The van der Waals surface area contributed by atoms with Crippen molar-refractivity contribution in [1.29, 1.82) is 0 Å². The fourth-order valence-electron chi connectivity index (χ4n) is 1.16. The van der Waals surface area contributed by atoms with Crippen LogP contribution in [0.15, 0.2) is 45.8 Å². The zero-order valence-electron chi connectivity index (χ0n) is 11.4. The van der Waals surface area contributed by atoms with E-state index >= 15 is 0 Å². The quantitative estimate of drug-likeness (QED) is 0.574. The molecule has 0 aromatic carbocycles. The Bertz CT molecular complexity index is 661. The smallest absolute Gasteiger partial charge is 0.282 e. The van der Waals surface area contributed by atoms with Crippen molar-refractivity contribution in [3.05, 3.63) is 45.8 Å². The molecule has 0 aromatic heterocycles. The third kappa shape index (κ3) is 6.80. The topological polar surface area (TPSA) is 109 Å². The molecule has 0 fully saturated rings. The van der Waals surface area contributed by atoms with E-state index in [4.69, 9.17) is 9.11 Å². The molecule has 0 aliphatic carbocycles. The number of allylic oxidation sites excluding steroid dienone is 7. The average molecular weight is 322 g/mol. The molecule has 0 amide bonds. The normalized spacial score (nSPS) is 15.9. The van der Waals surface area contributed by atoms with E-state index in [2.05, 4.69) is 0 Å². The third-order valence-corrected chi connectivity index (χ3v) is 4.27. The lowest BCUT2D eigenvalue weighted by atomic mass is 10.2. The van der Waals surface area contributed by atoms with Gasteiger partial charge in [0, 0.05) is 6.42 Å². The highest BCUT2D eigenvalue weighted by molar-refractivity contribution is 7.91. The van der Waals surface area contributed by atoms with Gasteiger partial charge in [0.2, 0.25) is 0 Å². The minimum atomic E-state index is -4.56. The van der Waals surface area contributed by atoms with Crippen molar-refractivity contribution in [1.82, 2.24) is 0 Å². The SMILES string of the molecule is C/C=C(C)\C=C/C/C(=C\C(=C/C)S(=O)(=O)O)S(=O)(=O)O. The van der Waals surface area contributed by atoms with Gasteiger partial charge in [0.1, 0.15) is 0 Å². The second-order valence-electron chi connectivity index (χ2n) is 3.89. The Kier molecular flexibility index (Phi) is 7.07. The zero-order valence-corrected chi connectivity index (χ0v) is 13.1. The van der Waals surface area contributed by atoms with E-state index in [0.29, 0.717) is 0 Å². The summed E-state index contributed by atoms with van der Waals surface area (Å²) in [5.74, 6) is 0. The molecular formula is C12H18O6S2. The highest BCUT2D eigenvalue weighted by Gasteiger charge is 2.17. The zero-order chi connectivity index (χ0) is 16.0. The van der Waals surface area contributed by atoms with Gasteiger partial charge in [-0.05, 0) is 26.8 Å². The van der Waals surface area contributed by atoms with Crippen LogP contribution in [0.4, 0.5) is 0 Å². The minimum Gasteiger partial charge on any atom is -0.282 e. The standard InChI is InChI=1S/C12H18O6S2/c1-4-10(3)7-6-8-12(20(16,17)18)9-11(5-2)19(13,14)15/h4-7,9H,8H2,1-3H3,(H,13,14,15)(H,16,17,18)/b7-6-,10-4-,11-5+,12-9+. The first-order valence-electron chi connectivity index (χ1n) is 5.63. The molecule has 0 rings (SSSR count). The molecule has 0 spiro atoms. The monoisotopic (exact) mass is 322 g/mol. The van der Waals surface area contributed by atoms with Gasteiger partial charge in [0.15, 0.2) is 0 Å². The van der Waals surface area contributed by atoms with Crippen molar-refractivity contribution >= 4 is 20.2 Å². The van der Waals surface area contributed by atoms with Crippen LogP contribution in [0.3, 0.4) is 0 Å². The second-order valence-corrected chi connectivity index (χ2v) is 6.79. The fraction of sp³-hybridized carbons (Fsp3) is 0.333. The van der Waals surface area contributed by atoms with Crippen LogP contribution < -0.4 is 0 Å². The van der Waals surface area contributed by atoms with Crippen molar-refractivity contribution in [3.8, 4) is 0 Å². The minimum absolute atomic E-state index is 0.198. The van der Waals surface area contributed by atoms with Crippen LogP contribution in [0.5, 0.6) is 0 Å². The van der Waals surface area contributed by atoms with Gasteiger partial charge in [-0.2, -0.15) is 16.8 Å². The highest BCUT2D eigenvalue weighted by atomic mass is 32.2. The summed E-state index contributed by atoms with van der Waals surface area (Å²) in [6.45, 7) is 4.92. The van der Waals surface area contributed by atoms with Crippen LogP contribution in [0.1, 0.15) is 27.2 Å². The maximum absolute atomic E-state index is 11.2. The molecule has 8 heteroatoms. The Balaban J connectivity index is 5.58. The summed E-state index contributed by atoms with van der Waals surface area (Å²) in [5, 5.41) is 0. The fourth-order valence-corrected chi connectivity index (χ4v) is 2.41. The Morgan fingerprint density at radius 3 is 1.90 bits per heavy atom. The predicted molar refractivity (Wildman–Crippen MR) is 78.1 cm³/mol. The van der Waals surface area contributed by atoms with Crippen LogP contribution in [-0.4, -0.2) is 25.9 Å². The molecular weight excluding hydrogens is 304 g/mol. The van der Waals surface area contributed by atoms with Crippen molar-refractivity contribution in [3.63, 3.8) is 0 Å². The van der Waals surface area contributed by atoms with Crippen LogP contribution in [0, 0.1) is 0 Å². The second kappa shape index (κ2) is 7.53. The van der Waals surface area contributed by atoms with Gasteiger partial charge in [0.05, 0.1) is 9.81 Å². The lowest BCUT2D eigenvalue weighted by Gasteiger charge is -2.03. The number of hydrogen-bond donors (Lipinski definition) is 2. The van der Waals surface area contributed by atoms with Crippen LogP contribution >= 0.6 is 0 Å². The summed E-state index contributed by atoms with van der Waals surface area (Å²) in [4.78, 5) is -1.12. The van der Waals surface area contributed by atoms with E-state index in [-0.39, 0.29) is 6.42 Å². The highest BCUT2D eigenvalue weighted by Crippen LogP contribution is 2.17. The van der Waals surface area contributed by atoms with E-state index in [0.717, 1.165) is 17.7 Å². The summed E-state index contributed by atoms with van der Waals surface area (Å²) in [6.07, 6.45) is 6.44. The van der Waals surface area contributed by atoms with Crippen molar-refractivity contribution in [2.75, 3.05) is 0 Å². The molecule has 0 heterocycles. The molecule has 0 unspecified atom stereocenters. The molecule has 0 aromatic rings. The molecule has 0 aliphatic heterocycles. The van der Waals surface area contributed by atoms with Gasteiger partial charge in [-0.1, -0.05) is 29.9 Å². The van der Waals surface area contributed by atoms with Crippen LogP contribution in [0.25, 0.3) is 0 Å². The molecule has 0 saturated heterocycles. The first-order chi connectivity index (χ1) is 9.02. The molecule has 2 N–H and O–H groups in total. The maximum atomic E-state index is 11.2. The van der Waals surface area contributed by atoms with E-state index in [1.165, 1.54) is 13.0 Å². The molecule has 20 heavy (non-hydrogen) atoms. The van der Waals surface area contributed by atoms with Gasteiger partial charge in [-0.15, -0.1) is 0 Å². The predicted octanol–water partition coefficient (Wildman–Crippen LogP) is 2.46. The first kappa shape index (κ1) is 18.8. The lowest BCUT2D eigenvalue weighted by Crippen LogP contribution is -2.05. The molecule has 0 radical (unpaired) electrons. The lowest BCUT2D eigenvalue weighted by molar-refractivity contribution is 0.490. The van der Waals surface area contributed by atoms with Crippen LogP contribution in [0.2, 0.25) is 0 Å². The van der Waals surface area contributed by atoms with Crippen molar-refractivity contribution in [2.24, 2.45) is 0 Å². The van der Waals surface area contributed by atoms with Gasteiger partial charge < -0.3 is 0 Å². The van der Waals surface area contributed by atoms with E-state index < -0.39 is 30.0 Å². The van der Waals surface area contributed by atoms with Gasteiger partial charge in [-0.25, -0.2) is 0 Å². The van der Waals surface area contributed by atoms with Gasteiger partial charge >= 0.3 is 0 Å². The molecule has 0 aliphatic rings. The molecule has 0 bridgehead atoms. The molecule has 0 saturated carbocycles. The van der Waals surface area contributed by atoms with Gasteiger partial charge in [0.25, 0.3) is 20.2 Å². The number of rotatable bonds is 6.